The number of carbonyl (C=O) groups is 2. The van der Waals surface area contributed by atoms with E-state index in [9.17, 15) is 14.7 Å². The fourth-order valence-corrected chi connectivity index (χ4v) is 3.32. The minimum Gasteiger partial charge on any atom is -0.465 e. The topological polar surface area (TPSA) is 95.7 Å². The summed E-state index contributed by atoms with van der Waals surface area (Å²) >= 11 is 0. The lowest BCUT2D eigenvalue weighted by atomic mass is 9.78. The molecule has 0 atom stereocenters. The number of para-hydroxylation sites is 1. The molecule has 0 saturated carbocycles. The maximum atomic E-state index is 12.4. The number of nitrogens with zero attached hydrogens (tertiary/aromatic N) is 1. The SMILES string of the molecule is CC1(C)CN(C(=O)O)Cc2cc(NC(=O)c3ccccc3N)ccc21. The van der Waals surface area contributed by atoms with Crippen LogP contribution in [0.15, 0.2) is 42.5 Å². The van der Waals surface area contributed by atoms with Crippen molar-refractivity contribution in [2.45, 2.75) is 25.8 Å². The molecule has 0 aromatic heterocycles. The van der Waals surface area contributed by atoms with Crippen LogP contribution in [0.1, 0.15) is 35.3 Å². The van der Waals surface area contributed by atoms with E-state index in [2.05, 4.69) is 5.32 Å². The van der Waals surface area contributed by atoms with Gasteiger partial charge in [0.2, 0.25) is 0 Å². The number of rotatable bonds is 2. The van der Waals surface area contributed by atoms with E-state index in [1.165, 1.54) is 4.90 Å². The number of nitrogens with two attached hydrogens (primary N) is 1. The zero-order valence-electron chi connectivity index (χ0n) is 14.2. The van der Waals surface area contributed by atoms with Gasteiger partial charge in [0.15, 0.2) is 0 Å². The van der Waals surface area contributed by atoms with Crippen molar-refractivity contribution in [3.63, 3.8) is 0 Å². The molecule has 0 bridgehead atoms. The van der Waals surface area contributed by atoms with Gasteiger partial charge in [-0.3, -0.25) is 4.79 Å². The first-order valence-corrected chi connectivity index (χ1v) is 8.05. The maximum Gasteiger partial charge on any atom is 0.407 e. The number of hydrogen-bond donors (Lipinski definition) is 3. The van der Waals surface area contributed by atoms with Gasteiger partial charge in [-0.05, 0) is 35.4 Å². The van der Waals surface area contributed by atoms with Gasteiger partial charge in [0.05, 0.1) is 5.56 Å². The van der Waals surface area contributed by atoms with Crippen LogP contribution in [0.5, 0.6) is 0 Å². The van der Waals surface area contributed by atoms with E-state index < -0.39 is 6.09 Å². The fourth-order valence-electron chi connectivity index (χ4n) is 3.32. The van der Waals surface area contributed by atoms with Crippen LogP contribution >= 0.6 is 0 Å². The summed E-state index contributed by atoms with van der Waals surface area (Å²) in [7, 11) is 0. The molecule has 0 unspecified atom stereocenters. The number of fused-ring (bicyclic) bond motifs is 1. The Morgan fingerprint density at radius 3 is 2.60 bits per heavy atom. The molecule has 0 fully saturated rings. The number of benzene rings is 2. The van der Waals surface area contributed by atoms with Crippen LogP contribution in [0.3, 0.4) is 0 Å². The molecular weight excluding hydrogens is 318 g/mol. The highest BCUT2D eigenvalue weighted by Gasteiger charge is 2.33. The van der Waals surface area contributed by atoms with Crippen molar-refractivity contribution in [3.05, 3.63) is 59.2 Å². The summed E-state index contributed by atoms with van der Waals surface area (Å²) in [5.41, 5.74) is 9.00. The predicted octanol–water partition coefficient (Wildman–Crippen LogP) is 3.29. The van der Waals surface area contributed by atoms with Crippen LogP contribution < -0.4 is 11.1 Å². The Labute approximate surface area is 146 Å². The highest BCUT2D eigenvalue weighted by molar-refractivity contribution is 6.07. The molecule has 0 aliphatic carbocycles. The van der Waals surface area contributed by atoms with Crippen molar-refractivity contribution in [1.29, 1.82) is 0 Å². The van der Waals surface area contributed by atoms with E-state index in [0.29, 0.717) is 30.0 Å². The predicted molar refractivity (Wildman–Crippen MR) is 96.7 cm³/mol. The number of carbonyl (C=O) groups excluding carboxylic acids is 1. The van der Waals surface area contributed by atoms with Crippen molar-refractivity contribution in [1.82, 2.24) is 4.90 Å². The fraction of sp³-hybridized carbons (Fsp3) is 0.263. The zero-order chi connectivity index (χ0) is 18.2. The summed E-state index contributed by atoms with van der Waals surface area (Å²) in [4.78, 5) is 25.2. The molecule has 2 aromatic rings. The molecule has 1 heterocycles. The lowest BCUT2D eigenvalue weighted by molar-refractivity contribution is 0.102. The lowest BCUT2D eigenvalue weighted by Crippen LogP contribution is -2.44. The summed E-state index contributed by atoms with van der Waals surface area (Å²) in [5, 5.41) is 12.2. The van der Waals surface area contributed by atoms with Gasteiger partial charge in [-0.15, -0.1) is 0 Å². The lowest BCUT2D eigenvalue weighted by Gasteiger charge is -2.38. The van der Waals surface area contributed by atoms with Gasteiger partial charge in [-0.2, -0.15) is 0 Å². The van der Waals surface area contributed by atoms with Crippen LogP contribution in [-0.2, 0) is 12.0 Å². The van der Waals surface area contributed by atoms with Gasteiger partial charge in [0, 0.05) is 29.9 Å². The van der Waals surface area contributed by atoms with E-state index in [0.717, 1.165) is 11.1 Å². The van der Waals surface area contributed by atoms with E-state index in [-0.39, 0.29) is 11.3 Å². The average molecular weight is 339 g/mol. The van der Waals surface area contributed by atoms with Crippen molar-refractivity contribution in [3.8, 4) is 0 Å². The normalized spacial score (nSPS) is 15.4. The van der Waals surface area contributed by atoms with Gasteiger partial charge >= 0.3 is 6.09 Å². The van der Waals surface area contributed by atoms with Crippen molar-refractivity contribution in [2.75, 3.05) is 17.6 Å². The highest BCUT2D eigenvalue weighted by Crippen LogP contribution is 2.34. The molecule has 2 aromatic carbocycles. The first-order chi connectivity index (χ1) is 11.8. The van der Waals surface area contributed by atoms with Crippen molar-refractivity contribution in [2.24, 2.45) is 0 Å². The Morgan fingerprint density at radius 1 is 1.20 bits per heavy atom. The van der Waals surface area contributed by atoms with Crippen molar-refractivity contribution < 1.29 is 14.7 Å². The third kappa shape index (κ3) is 3.28. The quantitative estimate of drug-likeness (QED) is 0.732. The summed E-state index contributed by atoms with van der Waals surface area (Å²) < 4.78 is 0. The molecule has 6 nitrogen and oxygen atoms in total. The molecule has 4 N–H and O–H groups in total. The van der Waals surface area contributed by atoms with Gasteiger partial charge in [0.25, 0.3) is 5.91 Å². The van der Waals surface area contributed by atoms with E-state index in [1.54, 1.807) is 24.3 Å². The second-order valence-electron chi connectivity index (χ2n) is 6.94. The highest BCUT2D eigenvalue weighted by atomic mass is 16.4. The number of nitrogens with one attached hydrogen (secondary N) is 1. The number of amides is 2. The number of hydrogen-bond acceptors (Lipinski definition) is 3. The Morgan fingerprint density at radius 2 is 1.92 bits per heavy atom. The number of anilines is 2. The molecule has 1 aliphatic heterocycles. The Hall–Kier alpha value is -3.02. The first kappa shape index (κ1) is 16.8. The van der Waals surface area contributed by atoms with Gasteiger partial charge in [-0.1, -0.05) is 32.0 Å². The monoisotopic (exact) mass is 339 g/mol. The Kier molecular flexibility index (Phi) is 4.12. The second kappa shape index (κ2) is 6.12. The van der Waals surface area contributed by atoms with Crippen molar-refractivity contribution >= 4 is 23.4 Å². The Balaban J connectivity index is 1.88. The molecule has 0 spiro atoms. The van der Waals surface area contributed by atoms with Crippen LogP contribution in [0, 0.1) is 0 Å². The van der Waals surface area contributed by atoms with E-state index >= 15 is 0 Å². The molecular formula is C19H21N3O3. The summed E-state index contributed by atoms with van der Waals surface area (Å²) in [5.74, 6) is -0.289. The molecule has 6 heteroatoms. The second-order valence-corrected chi connectivity index (χ2v) is 6.94. The summed E-state index contributed by atoms with van der Waals surface area (Å²) in [6, 6.07) is 12.5. The van der Waals surface area contributed by atoms with Crippen LogP contribution in [0.2, 0.25) is 0 Å². The Bertz CT molecular complexity index is 846. The standard InChI is InChI=1S/C19H21N3O3/c1-19(2)11-22(18(24)25)10-12-9-13(7-8-15(12)19)21-17(23)14-5-3-4-6-16(14)20/h3-9H,10-11,20H2,1-2H3,(H,21,23)(H,24,25). The molecule has 25 heavy (non-hydrogen) atoms. The molecule has 2 amide bonds. The largest absolute Gasteiger partial charge is 0.465 e. The maximum absolute atomic E-state index is 12.4. The summed E-state index contributed by atoms with van der Waals surface area (Å²) in [6.07, 6.45) is -0.940. The number of nitrogen functional groups attached to an aromatic ring is 1. The first-order valence-electron chi connectivity index (χ1n) is 8.05. The van der Waals surface area contributed by atoms with Crippen LogP contribution in [0.4, 0.5) is 16.2 Å². The van der Waals surface area contributed by atoms with Crippen LogP contribution in [0.25, 0.3) is 0 Å². The van der Waals surface area contributed by atoms with Gasteiger partial charge in [0.1, 0.15) is 0 Å². The smallest absolute Gasteiger partial charge is 0.407 e. The van der Waals surface area contributed by atoms with Crippen LogP contribution in [-0.4, -0.2) is 28.6 Å². The van der Waals surface area contributed by atoms with E-state index in [1.807, 2.05) is 32.0 Å². The third-order valence-corrected chi connectivity index (χ3v) is 4.52. The number of carboxylic acid groups (broad SMARTS) is 1. The zero-order valence-corrected chi connectivity index (χ0v) is 14.2. The van der Waals surface area contributed by atoms with Gasteiger partial charge in [-0.25, -0.2) is 4.79 Å². The molecule has 0 radical (unpaired) electrons. The molecule has 1 aliphatic rings. The molecule has 130 valence electrons. The third-order valence-electron chi connectivity index (χ3n) is 4.52. The summed E-state index contributed by atoms with van der Waals surface area (Å²) in [6.45, 7) is 4.79. The minimum absolute atomic E-state index is 0.279. The minimum atomic E-state index is -0.940. The van der Waals surface area contributed by atoms with E-state index in [4.69, 9.17) is 5.73 Å². The molecule has 3 rings (SSSR count). The molecule has 0 saturated heterocycles. The van der Waals surface area contributed by atoms with Gasteiger partial charge < -0.3 is 21.1 Å². The average Bonchev–Trinajstić information content (AvgIpc) is 2.54.